The minimum absolute atomic E-state index is 0.0859. The second kappa shape index (κ2) is 11.3. The van der Waals surface area contributed by atoms with E-state index in [0.717, 1.165) is 20.6 Å². The van der Waals surface area contributed by atoms with E-state index in [1.807, 2.05) is 45.0 Å². The van der Waals surface area contributed by atoms with Crippen LogP contribution in [0.2, 0.25) is 10.0 Å². The van der Waals surface area contributed by atoms with Crippen LogP contribution in [0, 0.1) is 0 Å². The van der Waals surface area contributed by atoms with Gasteiger partial charge in [0.05, 0.1) is 17.0 Å². The van der Waals surface area contributed by atoms with Gasteiger partial charge in [0.25, 0.3) is 0 Å². The standard InChI is InChI=1S/C23H28BrCl2N3O4S/c1-15(22(31)27-23(2,3)4)28(13-16-7-6-8-17(24)11-16)21(30)14-29(34(5,32)33)20-10-9-18(25)12-19(20)26/h6-12,15H,13-14H2,1-5H3,(H,27,31)/t15-/m1/s1. The summed E-state index contributed by atoms with van der Waals surface area (Å²) in [6, 6.07) is 10.8. The van der Waals surface area contributed by atoms with E-state index in [0.29, 0.717) is 5.02 Å². The Balaban J connectivity index is 2.44. The summed E-state index contributed by atoms with van der Waals surface area (Å²) in [6.07, 6.45) is 0.986. The van der Waals surface area contributed by atoms with Gasteiger partial charge in [-0.2, -0.15) is 0 Å². The van der Waals surface area contributed by atoms with Gasteiger partial charge in [0, 0.05) is 21.6 Å². The number of hydrogen-bond donors (Lipinski definition) is 1. The summed E-state index contributed by atoms with van der Waals surface area (Å²) in [5.74, 6) is -0.917. The van der Waals surface area contributed by atoms with E-state index in [9.17, 15) is 18.0 Å². The third-order valence-electron chi connectivity index (χ3n) is 4.77. The summed E-state index contributed by atoms with van der Waals surface area (Å²) in [5.41, 5.74) is 0.385. The molecule has 0 saturated heterocycles. The molecule has 0 heterocycles. The summed E-state index contributed by atoms with van der Waals surface area (Å²) >= 11 is 15.6. The second-order valence-electron chi connectivity index (χ2n) is 8.93. The molecule has 2 amide bonds. The van der Waals surface area contributed by atoms with Crippen LogP contribution in [-0.2, 0) is 26.2 Å². The van der Waals surface area contributed by atoms with Crippen molar-refractivity contribution in [2.45, 2.75) is 45.8 Å². The molecule has 0 spiro atoms. The minimum Gasteiger partial charge on any atom is -0.350 e. The van der Waals surface area contributed by atoms with Crippen LogP contribution in [0.15, 0.2) is 46.9 Å². The molecule has 0 aliphatic heterocycles. The van der Waals surface area contributed by atoms with E-state index in [2.05, 4.69) is 21.2 Å². The maximum absolute atomic E-state index is 13.5. The number of nitrogens with one attached hydrogen (secondary N) is 1. The lowest BCUT2D eigenvalue weighted by Gasteiger charge is -2.33. The van der Waals surface area contributed by atoms with E-state index in [1.165, 1.54) is 23.1 Å². The van der Waals surface area contributed by atoms with Gasteiger partial charge in [0.1, 0.15) is 12.6 Å². The van der Waals surface area contributed by atoms with Gasteiger partial charge in [0.15, 0.2) is 0 Å². The van der Waals surface area contributed by atoms with E-state index >= 15 is 0 Å². The first-order valence-electron chi connectivity index (χ1n) is 10.4. The minimum atomic E-state index is -3.89. The van der Waals surface area contributed by atoms with E-state index in [4.69, 9.17) is 23.2 Å². The van der Waals surface area contributed by atoms with Crippen LogP contribution >= 0.6 is 39.1 Å². The first kappa shape index (κ1) is 28.4. The quantitative estimate of drug-likeness (QED) is 0.474. The largest absolute Gasteiger partial charge is 0.350 e. The zero-order chi connectivity index (χ0) is 25.8. The topological polar surface area (TPSA) is 86.8 Å². The van der Waals surface area contributed by atoms with Crippen LogP contribution in [0.5, 0.6) is 0 Å². The Morgan fingerprint density at radius 3 is 2.29 bits per heavy atom. The summed E-state index contributed by atoms with van der Waals surface area (Å²) in [6.45, 7) is 6.69. The molecule has 0 aliphatic carbocycles. The zero-order valence-electron chi connectivity index (χ0n) is 19.6. The van der Waals surface area contributed by atoms with Gasteiger partial charge in [-0.3, -0.25) is 13.9 Å². The number of carbonyl (C=O) groups excluding carboxylic acids is 2. The van der Waals surface area contributed by atoms with Gasteiger partial charge in [0.2, 0.25) is 21.8 Å². The van der Waals surface area contributed by atoms with Crippen LogP contribution in [-0.4, -0.2) is 49.5 Å². The predicted molar refractivity (Wildman–Crippen MR) is 141 cm³/mol. The third-order valence-corrected chi connectivity index (χ3v) is 6.92. The Labute approximate surface area is 219 Å². The normalized spacial score (nSPS) is 12.7. The Morgan fingerprint density at radius 1 is 1.12 bits per heavy atom. The van der Waals surface area contributed by atoms with Crippen molar-refractivity contribution < 1.29 is 18.0 Å². The van der Waals surface area contributed by atoms with Gasteiger partial charge in [-0.25, -0.2) is 8.42 Å². The second-order valence-corrected chi connectivity index (χ2v) is 12.6. The molecule has 2 rings (SSSR count). The maximum Gasteiger partial charge on any atom is 0.244 e. The van der Waals surface area contributed by atoms with Gasteiger partial charge in [-0.15, -0.1) is 0 Å². The molecule has 0 fully saturated rings. The lowest BCUT2D eigenvalue weighted by Crippen LogP contribution is -2.54. The molecule has 34 heavy (non-hydrogen) atoms. The lowest BCUT2D eigenvalue weighted by molar-refractivity contribution is -0.140. The number of hydrogen-bond acceptors (Lipinski definition) is 4. The molecule has 0 aliphatic rings. The van der Waals surface area contributed by atoms with Crippen molar-refractivity contribution >= 4 is 66.7 Å². The fraction of sp³-hybridized carbons (Fsp3) is 0.391. The number of amides is 2. The highest BCUT2D eigenvalue weighted by Crippen LogP contribution is 2.30. The molecule has 0 bridgehead atoms. The van der Waals surface area contributed by atoms with Crippen LogP contribution < -0.4 is 9.62 Å². The van der Waals surface area contributed by atoms with Gasteiger partial charge >= 0.3 is 0 Å². The summed E-state index contributed by atoms with van der Waals surface area (Å²) in [7, 11) is -3.89. The average Bonchev–Trinajstić information content (AvgIpc) is 2.68. The molecule has 186 valence electrons. The summed E-state index contributed by atoms with van der Waals surface area (Å²) in [4.78, 5) is 27.8. The van der Waals surface area contributed by atoms with Gasteiger partial charge in [-0.05, 0) is 63.6 Å². The van der Waals surface area contributed by atoms with Crippen molar-refractivity contribution in [2.75, 3.05) is 17.1 Å². The van der Waals surface area contributed by atoms with Crippen molar-refractivity contribution in [3.8, 4) is 0 Å². The van der Waals surface area contributed by atoms with Crippen molar-refractivity contribution in [3.63, 3.8) is 0 Å². The highest BCUT2D eigenvalue weighted by Gasteiger charge is 2.32. The third kappa shape index (κ3) is 8.15. The molecule has 2 aromatic rings. The van der Waals surface area contributed by atoms with Gasteiger partial charge in [-0.1, -0.05) is 51.3 Å². The summed E-state index contributed by atoms with van der Waals surface area (Å²) < 4.78 is 26.9. The maximum atomic E-state index is 13.5. The summed E-state index contributed by atoms with van der Waals surface area (Å²) in [5, 5.41) is 3.29. The molecule has 1 atom stereocenters. The molecule has 0 saturated carbocycles. The Kier molecular flexibility index (Phi) is 9.44. The van der Waals surface area contributed by atoms with Gasteiger partial charge < -0.3 is 10.2 Å². The number of sulfonamides is 1. The van der Waals surface area contributed by atoms with Crippen LogP contribution in [0.4, 0.5) is 5.69 Å². The van der Waals surface area contributed by atoms with E-state index in [-0.39, 0.29) is 23.2 Å². The smallest absolute Gasteiger partial charge is 0.244 e. The highest BCUT2D eigenvalue weighted by atomic mass is 79.9. The zero-order valence-corrected chi connectivity index (χ0v) is 23.5. The number of halogens is 3. The van der Waals surface area contributed by atoms with Crippen LogP contribution in [0.25, 0.3) is 0 Å². The average molecular weight is 593 g/mol. The molecule has 7 nitrogen and oxygen atoms in total. The number of carbonyl (C=O) groups is 2. The Hall–Kier alpha value is -1.81. The Morgan fingerprint density at radius 2 is 1.76 bits per heavy atom. The molecule has 0 radical (unpaired) electrons. The highest BCUT2D eigenvalue weighted by molar-refractivity contribution is 9.10. The number of benzene rings is 2. The molecular weight excluding hydrogens is 565 g/mol. The van der Waals surface area contributed by atoms with Crippen LogP contribution in [0.3, 0.4) is 0 Å². The molecule has 1 N–H and O–H groups in total. The van der Waals surface area contributed by atoms with E-state index in [1.54, 1.807) is 6.92 Å². The molecule has 0 aromatic heterocycles. The molecular formula is C23H28BrCl2N3O4S. The van der Waals surface area contributed by atoms with Crippen LogP contribution in [0.1, 0.15) is 33.3 Å². The lowest BCUT2D eigenvalue weighted by atomic mass is 10.1. The van der Waals surface area contributed by atoms with Crippen molar-refractivity contribution in [1.82, 2.24) is 10.2 Å². The number of nitrogens with zero attached hydrogens (tertiary/aromatic N) is 2. The van der Waals surface area contributed by atoms with E-state index < -0.39 is 34.1 Å². The SMILES string of the molecule is C[C@H](C(=O)NC(C)(C)C)N(Cc1cccc(Br)c1)C(=O)CN(c1ccc(Cl)cc1Cl)S(C)(=O)=O. The monoisotopic (exact) mass is 591 g/mol. The fourth-order valence-corrected chi connectivity index (χ4v) is 5.04. The van der Waals surface area contributed by atoms with Crippen molar-refractivity contribution in [3.05, 3.63) is 62.5 Å². The molecule has 2 aromatic carbocycles. The number of anilines is 1. The predicted octanol–water partition coefficient (Wildman–Crippen LogP) is 4.85. The Bertz CT molecular complexity index is 1170. The molecule has 11 heteroatoms. The van der Waals surface area contributed by atoms with Crippen molar-refractivity contribution in [2.24, 2.45) is 0 Å². The first-order chi connectivity index (χ1) is 15.6. The fourth-order valence-electron chi connectivity index (χ4n) is 3.17. The molecule has 0 unspecified atom stereocenters. The van der Waals surface area contributed by atoms with Crippen molar-refractivity contribution in [1.29, 1.82) is 0 Å². The first-order valence-corrected chi connectivity index (χ1v) is 13.8. The number of rotatable bonds is 8.